The topological polar surface area (TPSA) is 350 Å². The molecule has 0 saturated heterocycles. The Balaban J connectivity index is 7.05. The molecule has 13 atom stereocenters. The minimum absolute atomic E-state index is 0.0852. The smallest absolute Gasteiger partial charge is 0.410 e. The Labute approximate surface area is 602 Å². The third-order valence-electron chi connectivity index (χ3n) is 17.5. The number of amides is 11. The molecule has 0 bridgehead atoms. The lowest BCUT2D eigenvalue weighted by Crippen LogP contribution is -2.63. The first kappa shape index (κ1) is 93.6. The normalized spacial score (nSPS) is 15.6. The van der Waals surface area contributed by atoms with Gasteiger partial charge in [-0.15, -0.1) is 0 Å². The van der Waals surface area contributed by atoms with Crippen LogP contribution in [0.3, 0.4) is 0 Å². The average Bonchev–Trinajstić information content (AvgIpc) is 0.803. The van der Waals surface area contributed by atoms with E-state index in [-0.39, 0.29) is 56.7 Å². The SMILES string of the molecule is C/C=C/C[C@@H](C)[C@@H](O)[C@@H](C(=O)N[C@@H](CC)C(=O)N(C)CC(=O)OC)N(C)C(=O)[C@H](C(C)C)N(C)C(=O)[C@H](CC(C)C)N(C)C(=O)[C@H](CC(C)C)N(C)C(=O)[C@@H](C)NC(=O)[C@H](C)NC(=O)[C@H](CC(C)C)N(C)C(=O)[C@@H](NC(=O)[C@H]([C@H](C)OCCCCOC(C)=O)N(C)C(=O)OC(C)(C)C)C(C)C. The summed E-state index contributed by atoms with van der Waals surface area (Å²) in [6, 6.07) is -12.7. The van der Waals surface area contributed by atoms with Gasteiger partial charge in [-0.25, -0.2) is 4.79 Å². The van der Waals surface area contributed by atoms with Crippen molar-refractivity contribution in [2.45, 2.75) is 262 Å². The van der Waals surface area contributed by atoms with Crippen molar-refractivity contribution in [1.82, 2.24) is 55.6 Å². The van der Waals surface area contributed by atoms with Crippen molar-refractivity contribution in [2.75, 3.05) is 76.2 Å². The lowest BCUT2D eigenvalue weighted by atomic mass is 9.91. The second-order valence-electron chi connectivity index (χ2n) is 29.7. The summed E-state index contributed by atoms with van der Waals surface area (Å²) in [7, 11) is 10.9. The number of esters is 2. The van der Waals surface area contributed by atoms with Crippen molar-refractivity contribution in [1.29, 1.82) is 0 Å². The molecule has 5 N–H and O–H groups in total. The number of rotatable bonds is 42. The molecule has 0 heterocycles. The molecule has 0 aliphatic heterocycles. The van der Waals surface area contributed by atoms with Crippen LogP contribution >= 0.6 is 0 Å². The van der Waals surface area contributed by atoms with E-state index in [1.165, 1.54) is 96.8 Å². The molecule has 0 spiro atoms. The number of hydrogen-bond acceptors (Lipinski definition) is 18. The molecule has 580 valence electrons. The summed E-state index contributed by atoms with van der Waals surface area (Å²) >= 11 is 0. The van der Waals surface area contributed by atoms with Gasteiger partial charge in [0.15, 0.2) is 0 Å². The molecular formula is C72H129N11O18. The molecule has 0 aliphatic carbocycles. The maximum absolute atomic E-state index is 15.2. The van der Waals surface area contributed by atoms with Crippen LogP contribution in [0, 0.1) is 35.5 Å². The van der Waals surface area contributed by atoms with E-state index in [4.69, 9.17) is 18.9 Å². The van der Waals surface area contributed by atoms with Gasteiger partial charge in [0.1, 0.15) is 72.6 Å². The van der Waals surface area contributed by atoms with Gasteiger partial charge in [0.05, 0.1) is 25.9 Å². The van der Waals surface area contributed by atoms with Crippen molar-refractivity contribution >= 4 is 77.1 Å². The number of hydrogen-bond donors (Lipinski definition) is 5. The Hall–Kier alpha value is -7.43. The zero-order valence-corrected chi connectivity index (χ0v) is 66.1. The standard InChI is InChI=1S/C72H129N11O18/c1-29-31-34-46(13)60(86)59(64(90)75-51(30-2)66(92)77(21)40-55(85)98-28)82(26)70(96)57(45(11)12)81(25)68(94)54(39-43(7)8)80(24)67(93)53(38-42(5)6)79(23)65(91)48(15)74-61(87)47(14)73-62(88)52(37-41(3)4)78(22)69(95)56(44(9)10)76-63(89)58(83(27)71(97)101-72(18,19)20)49(16)99-35-32-33-36-100-50(17)84/h29,31,41-49,51-54,56-60,86H,30,32-40H2,1-28H3,(H,73,88)(H,74,87)(H,75,90)(H,76,89)/b31-29+/t46-,47+,48-,49+,51+,52+,53+,54+,56+,57+,58+,59+,60-/m1/s1. The van der Waals surface area contributed by atoms with Gasteiger partial charge in [-0.05, 0) is 129 Å². The summed E-state index contributed by atoms with van der Waals surface area (Å²) in [5.74, 6) is -10.5. The van der Waals surface area contributed by atoms with Crippen LogP contribution < -0.4 is 21.3 Å². The van der Waals surface area contributed by atoms with Gasteiger partial charge >= 0.3 is 18.0 Å². The predicted octanol–water partition coefficient (Wildman–Crippen LogP) is 4.54. The third kappa shape index (κ3) is 30.2. The van der Waals surface area contributed by atoms with E-state index < -0.39 is 180 Å². The first-order valence-electron chi connectivity index (χ1n) is 35.4. The van der Waals surface area contributed by atoms with Crippen LogP contribution in [-0.4, -0.2) is 271 Å². The van der Waals surface area contributed by atoms with E-state index in [0.29, 0.717) is 19.3 Å². The van der Waals surface area contributed by atoms with Gasteiger partial charge in [0.2, 0.25) is 59.1 Å². The molecule has 0 radical (unpaired) electrons. The first-order valence-corrected chi connectivity index (χ1v) is 35.4. The Morgan fingerprint density at radius 3 is 1.44 bits per heavy atom. The number of likely N-dealkylation sites (N-methyl/N-ethyl adjacent to an activating group) is 7. The lowest BCUT2D eigenvalue weighted by Gasteiger charge is -2.41. The Morgan fingerprint density at radius 2 is 0.970 bits per heavy atom. The molecule has 0 aliphatic rings. The highest BCUT2D eigenvalue weighted by Gasteiger charge is 2.46. The Kier molecular flexibility index (Phi) is 40.9. The Morgan fingerprint density at radius 1 is 0.505 bits per heavy atom. The summed E-state index contributed by atoms with van der Waals surface area (Å²) in [5.41, 5.74) is -0.924. The van der Waals surface area contributed by atoms with Crippen molar-refractivity contribution in [3.8, 4) is 0 Å². The quantitative estimate of drug-likeness (QED) is 0.0242. The number of aliphatic hydroxyl groups is 1. The van der Waals surface area contributed by atoms with E-state index in [1.807, 2.05) is 41.5 Å². The molecule has 11 amide bonds. The summed E-state index contributed by atoms with van der Waals surface area (Å²) < 4.78 is 21.3. The number of aliphatic hydroxyl groups excluding tert-OH is 1. The highest BCUT2D eigenvalue weighted by molar-refractivity contribution is 5.99. The fourth-order valence-corrected chi connectivity index (χ4v) is 11.5. The monoisotopic (exact) mass is 1440 g/mol. The molecule has 101 heavy (non-hydrogen) atoms. The van der Waals surface area contributed by atoms with Crippen molar-refractivity contribution in [3.63, 3.8) is 0 Å². The number of carbonyl (C=O) groups is 13. The molecular weight excluding hydrogens is 1310 g/mol. The van der Waals surface area contributed by atoms with Crippen molar-refractivity contribution < 1.29 is 86.4 Å². The van der Waals surface area contributed by atoms with Crippen LogP contribution in [0.2, 0.25) is 0 Å². The largest absolute Gasteiger partial charge is 0.468 e. The molecule has 29 heteroatoms. The number of nitrogens with one attached hydrogen (secondary N) is 4. The second-order valence-corrected chi connectivity index (χ2v) is 29.7. The van der Waals surface area contributed by atoms with E-state index in [2.05, 4.69) is 21.3 Å². The minimum Gasteiger partial charge on any atom is -0.468 e. The Bertz CT molecular complexity index is 2770. The van der Waals surface area contributed by atoms with Crippen LogP contribution in [0.1, 0.15) is 183 Å². The van der Waals surface area contributed by atoms with Crippen molar-refractivity contribution in [2.24, 2.45) is 35.5 Å². The molecule has 0 aromatic carbocycles. The zero-order valence-electron chi connectivity index (χ0n) is 66.1. The number of allylic oxidation sites excluding steroid dienone is 2. The number of carbonyl (C=O) groups excluding carboxylic acids is 13. The summed E-state index contributed by atoms with van der Waals surface area (Å²) in [5, 5.41) is 22.8. The highest BCUT2D eigenvalue weighted by Crippen LogP contribution is 2.26. The van der Waals surface area contributed by atoms with Crippen LogP contribution in [0.15, 0.2) is 12.2 Å². The van der Waals surface area contributed by atoms with Crippen LogP contribution in [0.25, 0.3) is 0 Å². The molecule has 0 unspecified atom stereocenters. The lowest BCUT2D eigenvalue weighted by molar-refractivity contribution is -0.157. The van der Waals surface area contributed by atoms with Gasteiger partial charge < -0.3 is 74.7 Å². The molecule has 29 nitrogen and oxygen atoms in total. The van der Waals surface area contributed by atoms with Gasteiger partial charge in [-0.3, -0.25) is 62.4 Å². The van der Waals surface area contributed by atoms with E-state index >= 15 is 14.4 Å². The molecule has 0 fully saturated rings. The summed E-state index contributed by atoms with van der Waals surface area (Å²) in [4.78, 5) is 190. The fraction of sp³-hybridized carbons (Fsp3) is 0.792. The maximum Gasteiger partial charge on any atom is 0.410 e. The highest BCUT2D eigenvalue weighted by atomic mass is 16.6. The predicted molar refractivity (Wildman–Crippen MR) is 384 cm³/mol. The molecule has 0 saturated carbocycles. The van der Waals surface area contributed by atoms with E-state index in [0.717, 1.165) is 14.7 Å². The van der Waals surface area contributed by atoms with Crippen molar-refractivity contribution in [3.05, 3.63) is 12.2 Å². The third-order valence-corrected chi connectivity index (χ3v) is 17.5. The number of ether oxygens (including phenoxy) is 4. The zero-order chi connectivity index (χ0) is 78.6. The average molecular weight is 1440 g/mol. The van der Waals surface area contributed by atoms with E-state index in [9.17, 15) is 53.1 Å². The van der Waals surface area contributed by atoms with Crippen LogP contribution in [0.4, 0.5) is 4.79 Å². The van der Waals surface area contributed by atoms with Gasteiger partial charge in [0, 0.05) is 62.9 Å². The fourth-order valence-electron chi connectivity index (χ4n) is 11.5. The summed E-state index contributed by atoms with van der Waals surface area (Å²) in [6.45, 7) is 33.7. The number of methoxy groups -OCH3 is 1. The minimum atomic E-state index is -1.58. The van der Waals surface area contributed by atoms with E-state index in [1.54, 1.807) is 88.3 Å². The van der Waals surface area contributed by atoms with Gasteiger partial charge in [0.25, 0.3) is 0 Å². The maximum atomic E-state index is 15.2. The first-order chi connectivity index (χ1) is 46.6. The van der Waals surface area contributed by atoms with Crippen LogP contribution in [0.5, 0.6) is 0 Å². The molecule has 0 rings (SSSR count). The molecule has 0 aromatic rings. The van der Waals surface area contributed by atoms with Gasteiger partial charge in [-0.1, -0.05) is 95.2 Å². The number of unbranched alkanes of at least 4 members (excludes halogenated alkanes) is 1. The molecule has 0 aromatic heterocycles. The van der Waals surface area contributed by atoms with Gasteiger partial charge in [-0.2, -0.15) is 0 Å². The second kappa shape index (κ2) is 44.2. The number of nitrogens with zero attached hydrogens (tertiary/aromatic N) is 7. The van der Waals surface area contributed by atoms with Crippen LogP contribution in [-0.2, 0) is 76.5 Å². The summed E-state index contributed by atoms with van der Waals surface area (Å²) in [6.07, 6.45) is 2.02.